The summed E-state index contributed by atoms with van der Waals surface area (Å²) in [5.41, 5.74) is 0.949. The van der Waals surface area contributed by atoms with Crippen LogP contribution in [-0.4, -0.2) is 30.2 Å². The monoisotopic (exact) mass is 303 g/mol. The van der Waals surface area contributed by atoms with Crippen molar-refractivity contribution in [3.05, 3.63) is 14.8 Å². The van der Waals surface area contributed by atoms with Gasteiger partial charge in [0.25, 0.3) is 0 Å². The second-order valence-electron chi connectivity index (χ2n) is 3.79. The van der Waals surface area contributed by atoms with Crippen molar-refractivity contribution >= 4 is 34.1 Å². The van der Waals surface area contributed by atoms with Crippen molar-refractivity contribution in [3.63, 3.8) is 0 Å². The summed E-state index contributed by atoms with van der Waals surface area (Å²) in [5.74, 6) is 0.859. The van der Waals surface area contributed by atoms with Gasteiger partial charge in [0, 0.05) is 20.2 Å². The van der Waals surface area contributed by atoms with Crippen molar-refractivity contribution in [1.82, 2.24) is 9.97 Å². The molecule has 0 aliphatic carbocycles. The van der Waals surface area contributed by atoms with E-state index < -0.39 is 0 Å². The van der Waals surface area contributed by atoms with Gasteiger partial charge in [-0.15, -0.1) is 0 Å². The van der Waals surface area contributed by atoms with Crippen molar-refractivity contribution in [2.45, 2.75) is 19.4 Å². The summed E-state index contributed by atoms with van der Waals surface area (Å²) in [7, 11) is 1.67. The molecule has 0 unspecified atom stereocenters. The molecular formula is C10H14BrN3OS. The molecule has 0 aromatic carbocycles. The number of methoxy groups -OCH3 is 1. The maximum Gasteiger partial charge on any atom is 0.204 e. The van der Waals surface area contributed by atoms with Gasteiger partial charge in [-0.2, -0.15) is 0 Å². The summed E-state index contributed by atoms with van der Waals surface area (Å²) in [6, 6.07) is 0. The number of anilines is 1. The molecule has 0 spiro atoms. The van der Waals surface area contributed by atoms with E-state index in [0.29, 0.717) is 11.2 Å². The van der Waals surface area contributed by atoms with Crippen molar-refractivity contribution in [1.29, 1.82) is 0 Å². The number of ether oxygens (including phenoxy) is 1. The van der Waals surface area contributed by atoms with Crippen LogP contribution in [0.1, 0.15) is 18.5 Å². The van der Waals surface area contributed by atoms with E-state index in [-0.39, 0.29) is 0 Å². The summed E-state index contributed by atoms with van der Waals surface area (Å²) in [4.78, 5) is 9.88. The lowest BCUT2D eigenvalue weighted by molar-refractivity contribution is 0.181. The van der Waals surface area contributed by atoms with Gasteiger partial charge in [-0.1, -0.05) is 12.2 Å². The molecule has 16 heavy (non-hydrogen) atoms. The molecule has 2 rings (SSSR count). The molecule has 2 heterocycles. The fraction of sp³-hybridized carbons (Fsp3) is 0.600. The van der Waals surface area contributed by atoms with E-state index in [4.69, 9.17) is 17.0 Å². The molecule has 0 atom stereocenters. The number of rotatable bonds is 3. The number of aromatic amines is 1. The first-order valence-corrected chi connectivity index (χ1v) is 6.45. The normalized spacial score (nSPS) is 15.8. The highest BCUT2D eigenvalue weighted by Crippen LogP contribution is 2.22. The van der Waals surface area contributed by atoms with Crippen LogP contribution >= 0.6 is 28.1 Å². The molecule has 4 nitrogen and oxygen atoms in total. The molecule has 0 amide bonds. The third kappa shape index (κ3) is 2.44. The number of hydrogen-bond donors (Lipinski definition) is 1. The fourth-order valence-corrected chi connectivity index (χ4v) is 2.33. The van der Waals surface area contributed by atoms with E-state index in [1.54, 1.807) is 7.11 Å². The lowest BCUT2D eigenvalue weighted by Gasteiger charge is -2.17. The fourth-order valence-electron chi connectivity index (χ4n) is 1.81. The smallest absolute Gasteiger partial charge is 0.204 e. The van der Waals surface area contributed by atoms with Crippen molar-refractivity contribution in [2.75, 3.05) is 25.1 Å². The van der Waals surface area contributed by atoms with Gasteiger partial charge < -0.3 is 14.6 Å². The third-order valence-electron chi connectivity index (χ3n) is 2.62. The van der Waals surface area contributed by atoms with Crippen LogP contribution in [0.25, 0.3) is 0 Å². The van der Waals surface area contributed by atoms with Gasteiger partial charge in [-0.3, -0.25) is 0 Å². The van der Waals surface area contributed by atoms with E-state index in [9.17, 15) is 0 Å². The minimum absolute atomic E-state index is 0.508. The molecule has 0 bridgehead atoms. The number of halogens is 1. The lowest BCUT2D eigenvalue weighted by atomic mass is 10.4. The van der Waals surface area contributed by atoms with Gasteiger partial charge in [0.05, 0.1) is 16.8 Å². The largest absolute Gasteiger partial charge is 0.378 e. The molecule has 1 N–H and O–H groups in total. The molecule has 1 saturated heterocycles. The van der Waals surface area contributed by atoms with Crippen LogP contribution in [0.15, 0.2) is 4.47 Å². The Labute approximate surface area is 108 Å². The van der Waals surface area contributed by atoms with E-state index in [1.807, 2.05) is 0 Å². The number of nitrogens with one attached hydrogen (secondary N) is 1. The predicted octanol–water partition coefficient (Wildman–Crippen LogP) is 2.65. The van der Waals surface area contributed by atoms with Gasteiger partial charge >= 0.3 is 0 Å². The molecule has 6 heteroatoms. The zero-order valence-electron chi connectivity index (χ0n) is 9.12. The average Bonchev–Trinajstić information content (AvgIpc) is 2.78. The molecule has 1 aliphatic rings. The van der Waals surface area contributed by atoms with Crippen molar-refractivity contribution in [3.8, 4) is 0 Å². The number of nitrogens with zero attached hydrogens (tertiary/aromatic N) is 2. The molecule has 1 aromatic rings. The summed E-state index contributed by atoms with van der Waals surface area (Å²) < 4.78 is 6.54. The summed E-state index contributed by atoms with van der Waals surface area (Å²) in [6.07, 6.45) is 2.44. The van der Waals surface area contributed by atoms with E-state index in [0.717, 1.165) is 29.2 Å². The lowest BCUT2D eigenvalue weighted by Crippen LogP contribution is -2.21. The summed E-state index contributed by atoms with van der Waals surface area (Å²) in [6.45, 7) is 2.60. The molecule has 0 saturated carbocycles. The van der Waals surface area contributed by atoms with Crippen LogP contribution in [0.4, 0.5) is 5.95 Å². The van der Waals surface area contributed by atoms with E-state index >= 15 is 0 Å². The van der Waals surface area contributed by atoms with Crippen LogP contribution in [0.5, 0.6) is 0 Å². The first-order chi connectivity index (χ1) is 7.72. The third-order valence-corrected chi connectivity index (χ3v) is 4.03. The van der Waals surface area contributed by atoms with Crippen LogP contribution in [0.2, 0.25) is 0 Å². The molecule has 88 valence electrons. The molecular weight excluding hydrogens is 290 g/mol. The van der Waals surface area contributed by atoms with Crippen LogP contribution in [0.3, 0.4) is 0 Å². The first-order valence-electron chi connectivity index (χ1n) is 5.25. The zero-order valence-corrected chi connectivity index (χ0v) is 11.5. The van der Waals surface area contributed by atoms with Gasteiger partial charge in [-0.05, 0) is 28.8 Å². The van der Waals surface area contributed by atoms with Crippen LogP contribution < -0.4 is 4.90 Å². The Morgan fingerprint density at radius 2 is 2.19 bits per heavy atom. The molecule has 1 aliphatic heterocycles. The van der Waals surface area contributed by atoms with Gasteiger partial charge in [0.2, 0.25) is 5.95 Å². The number of hydrogen-bond acceptors (Lipinski definition) is 4. The van der Waals surface area contributed by atoms with Crippen molar-refractivity contribution in [2.24, 2.45) is 0 Å². The Balaban J connectivity index is 2.35. The van der Waals surface area contributed by atoms with Gasteiger partial charge in [-0.25, -0.2) is 4.98 Å². The highest BCUT2D eigenvalue weighted by molar-refractivity contribution is 9.10. The summed E-state index contributed by atoms with van der Waals surface area (Å²) in [5, 5.41) is 0. The van der Waals surface area contributed by atoms with E-state index in [2.05, 4.69) is 30.8 Å². The minimum atomic E-state index is 0.508. The SMILES string of the molecule is COCc1[nH]c(N2CCCC2)nc(=S)c1Br. The van der Waals surface area contributed by atoms with Crippen LogP contribution in [0, 0.1) is 4.64 Å². The van der Waals surface area contributed by atoms with E-state index in [1.165, 1.54) is 12.8 Å². The highest BCUT2D eigenvalue weighted by Gasteiger charge is 2.16. The zero-order chi connectivity index (χ0) is 11.5. The second kappa shape index (κ2) is 5.25. The minimum Gasteiger partial charge on any atom is -0.378 e. The second-order valence-corrected chi connectivity index (χ2v) is 4.96. The predicted molar refractivity (Wildman–Crippen MR) is 69.3 cm³/mol. The van der Waals surface area contributed by atoms with Crippen molar-refractivity contribution < 1.29 is 4.74 Å². The van der Waals surface area contributed by atoms with Gasteiger partial charge in [0.1, 0.15) is 4.64 Å². The Bertz CT molecular complexity index is 429. The summed E-state index contributed by atoms with van der Waals surface area (Å²) >= 11 is 8.65. The maximum absolute atomic E-state index is 5.22. The molecule has 1 fully saturated rings. The highest BCUT2D eigenvalue weighted by atomic mass is 79.9. The quantitative estimate of drug-likeness (QED) is 0.872. The maximum atomic E-state index is 5.22. The molecule has 0 radical (unpaired) electrons. The Morgan fingerprint density at radius 3 is 2.81 bits per heavy atom. The first kappa shape index (κ1) is 12.0. The Morgan fingerprint density at radius 1 is 1.50 bits per heavy atom. The van der Waals surface area contributed by atoms with Gasteiger partial charge in [0.15, 0.2) is 0 Å². The van der Waals surface area contributed by atoms with Crippen LogP contribution in [-0.2, 0) is 11.3 Å². The molecule has 1 aromatic heterocycles. The Hall–Kier alpha value is -0.460. The number of H-pyrrole nitrogens is 1. The number of aromatic nitrogens is 2. The average molecular weight is 304 g/mol. The topological polar surface area (TPSA) is 41.1 Å². The Kier molecular flexibility index (Phi) is 3.94. The standard InChI is InChI=1S/C10H14BrN3OS/c1-15-6-7-8(11)9(16)13-10(12-7)14-4-2-3-5-14/h2-6H2,1H3,(H,12,13,16).